The molecule has 0 spiro atoms. The van der Waals surface area contributed by atoms with Gasteiger partial charge in [-0.2, -0.15) is 0 Å². The van der Waals surface area contributed by atoms with Crippen LogP contribution in [0.5, 0.6) is 11.5 Å². The Morgan fingerprint density at radius 2 is 1.75 bits per heavy atom. The Morgan fingerprint density at radius 3 is 2.50 bits per heavy atom. The Kier molecular flexibility index (Phi) is 3.24. The number of hydrogen-bond donors (Lipinski definition) is 1. The van der Waals surface area contributed by atoms with E-state index in [-0.39, 0.29) is 5.56 Å². The molecule has 5 heteroatoms. The molecule has 1 heterocycles. The zero-order valence-corrected chi connectivity index (χ0v) is 11.2. The summed E-state index contributed by atoms with van der Waals surface area (Å²) >= 11 is 5.97. The van der Waals surface area contributed by atoms with Crippen LogP contribution in [-0.4, -0.2) is 24.3 Å². The van der Waals surface area contributed by atoms with Crippen molar-refractivity contribution in [1.29, 1.82) is 0 Å². The van der Waals surface area contributed by atoms with Crippen LogP contribution in [-0.2, 0) is 0 Å². The summed E-state index contributed by atoms with van der Waals surface area (Å²) in [7, 11) is 0. The fourth-order valence-corrected chi connectivity index (χ4v) is 2.34. The van der Waals surface area contributed by atoms with Gasteiger partial charge in [0.05, 0.1) is 5.56 Å². The maximum Gasteiger partial charge on any atom is 0.335 e. The molecule has 102 valence electrons. The molecule has 0 unspecified atom stereocenters. The van der Waals surface area contributed by atoms with E-state index in [1.165, 1.54) is 6.07 Å². The molecule has 1 N–H and O–H groups in total. The molecule has 0 fully saturated rings. The Morgan fingerprint density at radius 1 is 1.00 bits per heavy atom. The van der Waals surface area contributed by atoms with Crippen LogP contribution in [0.1, 0.15) is 10.4 Å². The van der Waals surface area contributed by atoms with Crippen molar-refractivity contribution < 1.29 is 19.4 Å². The lowest BCUT2D eigenvalue weighted by molar-refractivity contribution is 0.0697. The molecule has 2 aromatic rings. The van der Waals surface area contributed by atoms with E-state index in [4.69, 9.17) is 26.2 Å². The fraction of sp³-hybridized carbons (Fsp3) is 0.133. The van der Waals surface area contributed by atoms with E-state index in [2.05, 4.69) is 0 Å². The first-order valence-electron chi connectivity index (χ1n) is 6.07. The third-order valence-corrected chi connectivity index (χ3v) is 3.24. The van der Waals surface area contributed by atoms with Crippen LogP contribution in [0.3, 0.4) is 0 Å². The van der Waals surface area contributed by atoms with Crippen LogP contribution in [0.4, 0.5) is 0 Å². The number of hydrogen-bond acceptors (Lipinski definition) is 3. The van der Waals surface area contributed by atoms with Gasteiger partial charge in [-0.1, -0.05) is 17.7 Å². The van der Waals surface area contributed by atoms with Gasteiger partial charge in [-0.25, -0.2) is 4.79 Å². The van der Waals surface area contributed by atoms with Crippen molar-refractivity contribution in [2.75, 3.05) is 13.2 Å². The predicted octanol–water partition coefficient (Wildman–Crippen LogP) is 3.48. The fourth-order valence-electron chi connectivity index (χ4n) is 2.10. The molecular formula is C15H11ClO4. The van der Waals surface area contributed by atoms with Gasteiger partial charge in [0, 0.05) is 5.02 Å². The largest absolute Gasteiger partial charge is 0.486 e. The summed E-state index contributed by atoms with van der Waals surface area (Å²) < 4.78 is 11.0. The number of halogens is 1. The minimum atomic E-state index is -1.01. The highest BCUT2D eigenvalue weighted by Gasteiger charge is 2.14. The summed E-state index contributed by atoms with van der Waals surface area (Å²) in [5, 5.41) is 9.45. The summed E-state index contributed by atoms with van der Waals surface area (Å²) in [5.41, 5.74) is 1.72. The number of fused-ring (bicyclic) bond motifs is 1. The number of rotatable bonds is 2. The van der Waals surface area contributed by atoms with Gasteiger partial charge in [0.15, 0.2) is 11.5 Å². The first-order chi connectivity index (χ1) is 9.63. The lowest BCUT2D eigenvalue weighted by Gasteiger charge is -2.19. The molecule has 0 amide bonds. The quantitative estimate of drug-likeness (QED) is 0.920. The number of carboxylic acids is 1. The summed E-state index contributed by atoms with van der Waals surface area (Å²) in [6.07, 6.45) is 0. The lowest BCUT2D eigenvalue weighted by atomic mass is 10.0. The molecule has 1 aliphatic heterocycles. The van der Waals surface area contributed by atoms with E-state index < -0.39 is 5.97 Å². The number of carboxylic acid groups (broad SMARTS) is 1. The van der Waals surface area contributed by atoms with Gasteiger partial charge in [0.2, 0.25) is 0 Å². The van der Waals surface area contributed by atoms with Gasteiger partial charge in [-0.3, -0.25) is 0 Å². The third kappa shape index (κ3) is 2.42. The van der Waals surface area contributed by atoms with Crippen LogP contribution >= 0.6 is 11.6 Å². The van der Waals surface area contributed by atoms with E-state index >= 15 is 0 Å². The summed E-state index contributed by atoms with van der Waals surface area (Å²) in [5.74, 6) is 0.345. The molecule has 0 aromatic heterocycles. The summed E-state index contributed by atoms with van der Waals surface area (Å²) in [6, 6.07) is 10.2. The second-order valence-electron chi connectivity index (χ2n) is 4.39. The topological polar surface area (TPSA) is 55.8 Å². The maximum absolute atomic E-state index is 11.1. The zero-order valence-electron chi connectivity index (χ0n) is 10.4. The van der Waals surface area contributed by atoms with E-state index in [9.17, 15) is 4.79 Å². The Bertz CT molecular complexity index is 682. The average molecular weight is 291 g/mol. The van der Waals surface area contributed by atoms with Gasteiger partial charge < -0.3 is 14.6 Å². The summed E-state index contributed by atoms with van der Waals surface area (Å²) in [6.45, 7) is 1.04. The highest BCUT2D eigenvalue weighted by atomic mass is 35.5. The second-order valence-corrected chi connectivity index (χ2v) is 4.83. The SMILES string of the molecule is O=C(O)c1cc(Cl)cc(-c2ccc3c(c2)OCCO3)c1. The molecule has 0 saturated heterocycles. The van der Waals surface area contributed by atoms with Crippen LogP contribution in [0.25, 0.3) is 11.1 Å². The Labute approximate surface area is 120 Å². The first-order valence-corrected chi connectivity index (χ1v) is 6.45. The van der Waals surface area contributed by atoms with Crippen molar-refractivity contribution in [3.8, 4) is 22.6 Å². The number of benzene rings is 2. The van der Waals surface area contributed by atoms with Gasteiger partial charge in [-0.05, 0) is 41.5 Å². The molecule has 2 aromatic carbocycles. The molecular weight excluding hydrogens is 280 g/mol. The van der Waals surface area contributed by atoms with Crippen molar-refractivity contribution in [3.05, 3.63) is 47.0 Å². The van der Waals surface area contributed by atoms with E-state index in [1.54, 1.807) is 12.1 Å². The van der Waals surface area contributed by atoms with Crippen LogP contribution in [0.15, 0.2) is 36.4 Å². The normalized spacial score (nSPS) is 13.1. The van der Waals surface area contributed by atoms with Crippen molar-refractivity contribution in [2.45, 2.75) is 0 Å². The highest BCUT2D eigenvalue weighted by Crippen LogP contribution is 2.35. The summed E-state index contributed by atoms with van der Waals surface area (Å²) in [4.78, 5) is 11.1. The molecule has 0 aliphatic carbocycles. The lowest BCUT2D eigenvalue weighted by Crippen LogP contribution is -2.15. The minimum Gasteiger partial charge on any atom is -0.486 e. The molecule has 0 bridgehead atoms. The molecule has 3 rings (SSSR count). The smallest absolute Gasteiger partial charge is 0.335 e. The minimum absolute atomic E-state index is 0.155. The van der Waals surface area contributed by atoms with Crippen LogP contribution in [0, 0.1) is 0 Å². The molecule has 4 nitrogen and oxygen atoms in total. The highest BCUT2D eigenvalue weighted by molar-refractivity contribution is 6.31. The van der Waals surface area contributed by atoms with E-state index in [1.807, 2.05) is 18.2 Å². The first kappa shape index (κ1) is 12.8. The molecule has 0 radical (unpaired) electrons. The standard InChI is InChI=1S/C15H11ClO4/c16-12-6-10(5-11(7-12)15(17)18)9-1-2-13-14(8-9)20-4-3-19-13/h1-2,5-8H,3-4H2,(H,17,18). The zero-order chi connectivity index (χ0) is 14.1. The second kappa shape index (κ2) is 5.06. The van der Waals surface area contributed by atoms with Crippen molar-refractivity contribution >= 4 is 17.6 Å². The average Bonchev–Trinajstić information content (AvgIpc) is 2.46. The van der Waals surface area contributed by atoms with Crippen molar-refractivity contribution in [1.82, 2.24) is 0 Å². The van der Waals surface area contributed by atoms with Crippen molar-refractivity contribution in [3.63, 3.8) is 0 Å². The molecule has 0 saturated carbocycles. The molecule has 0 atom stereocenters. The van der Waals surface area contributed by atoms with E-state index in [0.29, 0.717) is 29.7 Å². The predicted molar refractivity (Wildman–Crippen MR) is 74.8 cm³/mol. The van der Waals surface area contributed by atoms with Gasteiger partial charge in [0.1, 0.15) is 13.2 Å². The number of ether oxygens (including phenoxy) is 2. The third-order valence-electron chi connectivity index (χ3n) is 3.02. The van der Waals surface area contributed by atoms with Crippen LogP contribution in [0.2, 0.25) is 5.02 Å². The molecule has 20 heavy (non-hydrogen) atoms. The Hall–Kier alpha value is -2.20. The maximum atomic E-state index is 11.1. The monoisotopic (exact) mass is 290 g/mol. The number of aromatic carboxylic acids is 1. The Balaban J connectivity index is 2.06. The van der Waals surface area contributed by atoms with Gasteiger partial charge >= 0.3 is 5.97 Å². The van der Waals surface area contributed by atoms with E-state index in [0.717, 1.165) is 11.1 Å². The van der Waals surface area contributed by atoms with Gasteiger partial charge in [0.25, 0.3) is 0 Å². The van der Waals surface area contributed by atoms with Crippen molar-refractivity contribution in [2.24, 2.45) is 0 Å². The van der Waals surface area contributed by atoms with Gasteiger partial charge in [-0.15, -0.1) is 0 Å². The van der Waals surface area contributed by atoms with Crippen LogP contribution < -0.4 is 9.47 Å². The number of carbonyl (C=O) groups is 1. The molecule has 1 aliphatic rings.